The lowest BCUT2D eigenvalue weighted by Crippen LogP contribution is -2.21. The van der Waals surface area contributed by atoms with E-state index in [2.05, 4.69) is 10.2 Å². The molecule has 1 aliphatic rings. The molecule has 0 spiro atoms. The van der Waals surface area contributed by atoms with Crippen LogP contribution in [0.15, 0.2) is 24.3 Å². The quantitative estimate of drug-likeness (QED) is 0.803. The summed E-state index contributed by atoms with van der Waals surface area (Å²) in [4.78, 5) is 13.2. The van der Waals surface area contributed by atoms with Gasteiger partial charge in [0.2, 0.25) is 5.91 Å². The summed E-state index contributed by atoms with van der Waals surface area (Å²) in [6.07, 6.45) is 0.579. The number of aliphatic hydroxyl groups is 1. The maximum atomic E-state index is 11.1. The van der Waals surface area contributed by atoms with Crippen molar-refractivity contribution in [2.75, 3.05) is 29.2 Å². The van der Waals surface area contributed by atoms with Gasteiger partial charge in [-0.05, 0) is 30.7 Å². The zero-order valence-corrected chi connectivity index (χ0v) is 10.2. The van der Waals surface area contributed by atoms with Crippen LogP contribution in [0.5, 0.6) is 0 Å². The first kappa shape index (κ1) is 12.2. The molecule has 1 saturated heterocycles. The predicted octanol–water partition coefficient (Wildman–Crippen LogP) is 1.43. The topological polar surface area (TPSA) is 52.6 Å². The number of nitrogens with zero attached hydrogens (tertiary/aromatic N) is 1. The van der Waals surface area contributed by atoms with Crippen LogP contribution >= 0.6 is 11.6 Å². The van der Waals surface area contributed by atoms with Gasteiger partial charge in [0.1, 0.15) is 5.88 Å². The van der Waals surface area contributed by atoms with Crippen molar-refractivity contribution in [1.82, 2.24) is 0 Å². The van der Waals surface area contributed by atoms with Gasteiger partial charge in [0, 0.05) is 24.5 Å². The van der Waals surface area contributed by atoms with E-state index in [1.54, 1.807) is 0 Å². The maximum Gasteiger partial charge on any atom is 0.239 e. The van der Waals surface area contributed by atoms with Gasteiger partial charge in [0.25, 0.3) is 0 Å². The summed E-state index contributed by atoms with van der Waals surface area (Å²) in [7, 11) is 0. The number of alkyl halides is 1. The van der Waals surface area contributed by atoms with Gasteiger partial charge in [-0.3, -0.25) is 4.79 Å². The number of rotatable bonds is 3. The lowest BCUT2D eigenvalue weighted by Gasteiger charge is -2.18. The highest BCUT2D eigenvalue weighted by Crippen LogP contribution is 2.22. The first-order valence-corrected chi connectivity index (χ1v) is 6.11. The SMILES string of the molecule is O=C(CCl)Nc1ccc(N2CC[C@@H](O)C2)cc1. The second-order valence-corrected chi connectivity index (χ2v) is 4.38. The fraction of sp³-hybridized carbons (Fsp3) is 0.417. The van der Waals surface area contributed by atoms with Crippen LogP contribution in [0, 0.1) is 0 Å². The standard InChI is InChI=1S/C12H15ClN2O2/c13-7-12(17)14-9-1-3-10(4-2-9)15-6-5-11(16)8-15/h1-4,11,16H,5-8H2,(H,14,17)/t11-/m1/s1. The van der Waals surface area contributed by atoms with Crippen molar-refractivity contribution in [2.45, 2.75) is 12.5 Å². The lowest BCUT2D eigenvalue weighted by molar-refractivity contribution is -0.113. The van der Waals surface area contributed by atoms with Gasteiger partial charge in [-0.25, -0.2) is 0 Å². The van der Waals surface area contributed by atoms with E-state index in [-0.39, 0.29) is 17.9 Å². The molecule has 92 valence electrons. The highest BCUT2D eigenvalue weighted by molar-refractivity contribution is 6.29. The van der Waals surface area contributed by atoms with Gasteiger partial charge < -0.3 is 15.3 Å². The smallest absolute Gasteiger partial charge is 0.239 e. The van der Waals surface area contributed by atoms with Crippen molar-refractivity contribution in [3.05, 3.63) is 24.3 Å². The van der Waals surface area contributed by atoms with E-state index < -0.39 is 0 Å². The first-order valence-electron chi connectivity index (χ1n) is 5.58. The van der Waals surface area contributed by atoms with Gasteiger partial charge in [0.05, 0.1) is 6.10 Å². The number of hydrogen-bond donors (Lipinski definition) is 2. The Balaban J connectivity index is 2.00. The second-order valence-electron chi connectivity index (χ2n) is 4.12. The number of carbonyl (C=O) groups excluding carboxylic acids is 1. The molecule has 1 aromatic rings. The minimum atomic E-state index is -0.231. The average Bonchev–Trinajstić information content (AvgIpc) is 2.77. The molecule has 0 saturated carbocycles. The summed E-state index contributed by atoms with van der Waals surface area (Å²) in [6.45, 7) is 1.54. The number of amides is 1. The summed E-state index contributed by atoms with van der Waals surface area (Å²) in [6, 6.07) is 7.54. The van der Waals surface area contributed by atoms with Crippen LogP contribution in [-0.2, 0) is 4.79 Å². The molecule has 1 aliphatic heterocycles. The van der Waals surface area contributed by atoms with Crippen molar-refractivity contribution in [1.29, 1.82) is 0 Å². The van der Waals surface area contributed by atoms with Gasteiger partial charge in [-0.15, -0.1) is 11.6 Å². The van der Waals surface area contributed by atoms with E-state index in [9.17, 15) is 9.90 Å². The van der Waals surface area contributed by atoms with E-state index in [0.29, 0.717) is 6.54 Å². The monoisotopic (exact) mass is 254 g/mol. The normalized spacial score (nSPS) is 19.4. The van der Waals surface area contributed by atoms with Crippen LogP contribution in [0.25, 0.3) is 0 Å². The molecule has 0 bridgehead atoms. The molecule has 5 heteroatoms. The number of nitrogens with one attached hydrogen (secondary N) is 1. The number of anilines is 2. The number of hydrogen-bond acceptors (Lipinski definition) is 3. The number of halogens is 1. The summed E-state index contributed by atoms with van der Waals surface area (Å²) >= 11 is 5.40. The lowest BCUT2D eigenvalue weighted by atomic mass is 10.2. The number of aliphatic hydroxyl groups excluding tert-OH is 1. The third kappa shape index (κ3) is 3.11. The van der Waals surface area contributed by atoms with Crippen molar-refractivity contribution in [2.24, 2.45) is 0 Å². The Morgan fingerprint density at radius 1 is 1.47 bits per heavy atom. The number of β-amino-alcohol motifs (C(OH)–C–C–N with tert-alkyl or cyclic N) is 1. The fourth-order valence-corrected chi connectivity index (χ4v) is 1.99. The van der Waals surface area contributed by atoms with E-state index in [4.69, 9.17) is 11.6 Å². The zero-order valence-electron chi connectivity index (χ0n) is 9.40. The molecule has 0 aromatic heterocycles. The molecule has 1 fully saturated rings. The fourth-order valence-electron chi connectivity index (χ4n) is 1.93. The Bertz CT molecular complexity index is 394. The average molecular weight is 255 g/mol. The number of benzene rings is 1. The van der Waals surface area contributed by atoms with Crippen molar-refractivity contribution in [3.8, 4) is 0 Å². The Labute approximate surface area is 105 Å². The molecule has 1 heterocycles. The van der Waals surface area contributed by atoms with Crippen LogP contribution in [0.2, 0.25) is 0 Å². The van der Waals surface area contributed by atoms with Crippen LogP contribution in [0.1, 0.15) is 6.42 Å². The minimum Gasteiger partial charge on any atom is -0.391 e. The molecule has 0 aliphatic carbocycles. The molecule has 4 nitrogen and oxygen atoms in total. The second kappa shape index (κ2) is 5.38. The zero-order chi connectivity index (χ0) is 12.3. The van der Waals surface area contributed by atoms with E-state index in [1.165, 1.54) is 0 Å². The van der Waals surface area contributed by atoms with Crippen LogP contribution in [-0.4, -0.2) is 36.1 Å². The Morgan fingerprint density at radius 3 is 2.71 bits per heavy atom. The van der Waals surface area contributed by atoms with Crippen molar-refractivity contribution >= 4 is 28.9 Å². The third-order valence-corrected chi connectivity index (χ3v) is 3.04. The molecule has 0 radical (unpaired) electrons. The molecule has 1 atom stereocenters. The minimum absolute atomic E-state index is 0.0416. The van der Waals surface area contributed by atoms with Gasteiger partial charge in [-0.1, -0.05) is 0 Å². The molecule has 2 N–H and O–H groups in total. The highest BCUT2D eigenvalue weighted by Gasteiger charge is 2.20. The van der Waals surface area contributed by atoms with Crippen molar-refractivity contribution < 1.29 is 9.90 Å². The predicted molar refractivity (Wildman–Crippen MR) is 68.6 cm³/mol. The van der Waals surface area contributed by atoms with Crippen LogP contribution in [0.4, 0.5) is 11.4 Å². The van der Waals surface area contributed by atoms with Crippen LogP contribution in [0.3, 0.4) is 0 Å². The third-order valence-electron chi connectivity index (χ3n) is 2.80. The van der Waals surface area contributed by atoms with Crippen molar-refractivity contribution in [3.63, 3.8) is 0 Å². The summed E-state index contributed by atoms with van der Waals surface area (Å²) in [5, 5.41) is 12.1. The van der Waals surface area contributed by atoms with Gasteiger partial charge in [-0.2, -0.15) is 0 Å². The summed E-state index contributed by atoms with van der Waals surface area (Å²) in [5.74, 6) is -0.254. The van der Waals surface area contributed by atoms with E-state index in [1.807, 2.05) is 24.3 Å². The van der Waals surface area contributed by atoms with Gasteiger partial charge >= 0.3 is 0 Å². The Kier molecular flexibility index (Phi) is 3.86. The molecular formula is C12H15ClN2O2. The molecule has 0 unspecified atom stereocenters. The first-order chi connectivity index (χ1) is 8.19. The van der Waals surface area contributed by atoms with Gasteiger partial charge in [0.15, 0.2) is 0 Å². The van der Waals surface area contributed by atoms with E-state index in [0.717, 1.165) is 24.3 Å². The summed E-state index contributed by atoms with van der Waals surface area (Å²) in [5.41, 5.74) is 1.80. The highest BCUT2D eigenvalue weighted by atomic mass is 35.5. The maximum absolute atomic E-state index is 11.1. The molecule has 2 rings (SSSR count). The molecule has 1 aromatic carbocycles. The number of carbonyl (C=O) groups is 1. The summed E-state index contributed by atoms with van der Waals surface area (Å²) < 4.78 is 0. The van der Waals surface area contributed by atoms with Crippen LogP contribution < -0.4 is 10.2 Å². The van der Waals surface area contributed by atoms with E-state index >= 15 is 0 Å². The Morgan fingerprint density at radius 2 is 2.18 bits per heavy atom. The molecule has 17 heavy (non-hydrogen) atoms. The largest absolute Gasteiger partial charge is 0.391 e. The molecule has 1 amide bonds. The molecular weight excluding hydrogens is 240 g/mol. The Hall–Kier alpha value is -1.26.